The second kappa shape index (κ2) is 9.87. The molecule has 0 saturated heterocycles. The molecule has 1 aliphatic rings. The highest BCUT2D eigenvalue weighted by atomic mass is 16.3. The van der Waals surface area contributed by atoms with Crippen LogP contribution in [0, 0.1) is 12.1 Å². The molecule has 0 unspecified atom stereocenters. The van der Waals surface area contributed by atoms with Gasteiger partial charge in [-0.05, 0) is 64.1 Å². The number of aromatic nitrogens is 2. The summed E-state index contributed by atoms with van der Waals surface area (Å²) in [4.78, 5) is 0. The van der Waals surface area contributed by atoms with E-state index in [0.29, 0.717) is 0 Å². The molecule has 10 aromatic rings. The highest BCUT2D eigenvalue weighted by Crippen LogP contribution is 2.46. The average Bonchev–Trinajstić information content (AvgIpc) is 3.80. The van der Waals surface area contributed by atoms with Crippen molar-refractivity contribution in [1.82, 2.24) is 8.80 Å². The highest BCUT2D eigenvalue weighted by Gasteiger charge is 2.25. The Bertz CT molecular complexity index is 3320. The molecule has 6 aromatic carbocycles. The molecule has 3 nitrogen and oxygen atoms in total. The van der Waals surface area contributed by atoms with E-state index in [1.54, 1.807) is 0 Å². The number of para-hydroxylation sites is 3. The molecule has 49 heavy (non-hydrogen) atoms. The molecule has 4 heterocycles. The summed E-state index contributed by atoms with van der Waals surface area (Å²) in [6.07, 6.45) is 10.9. The van der Waals surface area contributed by atoms with E-state index < -0.39 is 0 Å². The first-order chi connectivity index (χ1) is 24.3. The largest absolute Gasteiger partial charge is 0.455 e. The predicted octanol–water partition coefficient (Wildman–Crippen LogP) is 7.96. The maximum Gasteiger partial charge on any atom is 0.146 e. The number of rotatable bonds is 1. The van der Waals surface area contributed by atoms with Crippen molar-refractivity contribution in [2.75, 3.05) is 0 Å². The van der Waals surface area contributed by atoms with Gasteiger partial charge in [-0.3, -0.25) is 8.80 Å². The average molecular weight is 623 g/mol. The Kier molecular flexibility index (Phi) is 5.30. The molecule has 226 valence electrons. The van der Waals surface area contributed by atoms with Crippen LogP contribution in [0.5, 0.6) is 0 Å². The van der Waals surface area contributed by atoms with E-state index in [4.69, 9.17) is 4.42 Å². The number of benzene rings is 6. The van der Waals surface area contributed by atoms with Crippen molar-refractivity contribution < 1.29 is 4.42 Å². The predicted molar refractivity (Wildman–Crippen MR) is 202 cm³/mol. The van der Waals surface area contributed by atoms with E-state index in [2.05, 4.69) is 179 Å². The van der Waals surface area contributed by atoms with Crippen LogP contribution in [-0.2, 0) is 0 Å². The molecule has 0 N–H and O–H groups in total. The van der Waals surface area contributed by atoms with Gasteiger partial charge in [-0.1, -0.05) is 127 Å². The zero-order valence-corrected chi connectivity index (χ0v) is 26.3. The number of hydrogen-bond donors (Lipinski definition) is 0. The zero-order valence-electron chi connectivity index (χ0n) is 26.3. The van der Waals surface area contributed by atoms with E-state index >= 15 is 0 Å². The molecule has 2 bridgehead atoms. The maximum absolute atomic E-state index is 6.87. The number of furan rings is 1. The van der Waals surface area contributed by atoms with Crippen LogP contribution in [0.2, 0.25) is 0 Å². The Morgan fingerprint density at radius 2 is 1.10 bits per heavy atom. The van der Waals surface area contributed by atoms with Gasteiger partial charge in [0.25, 0.3) is 0 Å². The van der Waals surface area contributed by atoms with Gasteiger partial charge in [-0.2, -0.15) is 0 Å². The molecule has 0 aliphatic heterocycles. The fourth-order valence-corrected chi connectivity index (χ4v) is 8.10. The van der Waals surface area contributed by atoms with Gasteiger partial charge >= 0.3 is 0 Å². The number of hydrogen-bond acceptors (Lipinski definition) is 1. The van der Waals surface area contributed by atoms with Crippen molar-refractivity contribution in [3.05, 3.63) is 178 Å². The fraction of sp³-hybridized carbons (Fsp3) is 0. The molecule has 11 rings (SSSR count). The van der Waals surface area contributed by atoms with Gasteiger partial charge in [0.2, 0.25) is 0 Å². The number of nitrogens with zero attached hydrogens (tertiary/aromatic N) is 2. The van der Waals surface area contributed by atoms with Crippen LogP contribution >= 0.6 is 0 Å². The standard InChI is InChI=1S/C46H26N2O/c1-2-14-30(15-3-1)37-28-32-27-26-31(18-6-4-16-29-17-5-7-19-33(29)37)47-39-24-12-9-21-35(39)43-45(47)44-41(34-20-8-11-23-38(34)48(32)44)42-36-22-10-13-25-40(36)49-46(42)43/h1-25,28H. The third-order valence-electron chi connectivity index (χ3n) is 10.1. The topological polar surface area (TPSA) is 22.0 Å². The molecule has 4 aromatic heterocycles. The van der Waals surface area contributed by atoms with Crippen LogP contribution in [0.15, 0.2) is 144 Å². The summed E-state index contributed by atoms with van der Waals surface area (Å²) in [5, 5.41) is 11.0. The maximum atomic E-state index is 6.87. The summed E-state index contributed by atoms with van der Waals surface area (Å²) < 4.78 is 11.6. The monoisotopic (exact) mass is 622 g/mol. The molecule has 3 heteroatoms. The number of fused-ring (bicyclic) bond motifs is 16. The second-order valence-corrected chi connectivity index (χ2v) is 12.7. The molecule has 0 fully saturated rings. The fourth-order valence-electron chi connectivity index (χ4n) is 8.10. The van der Waals surface area contributed by atoms with Gasteiger partial charge in [0.1, 0.15) is 11.2 Å². The first-order valence-electron chi connectivity index (χ1n) is 16.6. The lowest BCUT2D eigenvalue weighted by Crippen LogP contribution is -2.27. The first kappa shape index (κ1) is 26.3. The minimum absolute atomic E-state index is 0.887. The molecule has 0 amide bonds. The van der Waals surface area contributed by atoms with E-state index in [1.807, 2.05) is 0 Å². The van der Waals surface area contributed by atoms with Crippen molar-refractivity contribution in [2.24, 2.45) is 0 Å². The molecule has 0 radical (unpaired) electrons. The molecule has 0 spiro atoms. The van der Waals surface area contributed by atoms with Crippen molar-refractivity contribution >= 4 is 89.4 Å². The summed E-state index contributed by atoms with van der Waals surface area (Å²) in [6.45, 7) is 0. The van der Waals surface area contributed by atoms with Gasteiger partial charge in [-0.15, -0.1) is 0 Å². The SMILES string of the molecule is c1c2n3c4ccccc4c4c5oc6ccccc6c5c5c6ccccc6n(c(c#1)=CC(c1ccccc1)=c1ccccc1=CC=CC=2)c5c43. The minimum Gasteiger partial charge on any atom is -0.455 e. The summed E-state index contributed by atoms with van der Waals surface area (Å²) in [5.41, 5.74) is 8.50. The van der Waals surface area contributed by atoms with Crippen LogP contribution in [0.25, 0.3) is 89.4 Å². The summed E-state index contributed by atoms with van der Waals surface area (Å²) >= 11 is 0. The Morgan fingerprint density at radius 3 is 1.94 bits per heavy atom. The third-order valence-corrected chi connectivity index (χ3v) is 10.1. The Hall–Kier alpha value is -6.76. The summed E-state index contributed by atoms with van der Waals surface area (Å²) in [6, 6.07) is 52.5. The normalized spacial score (nSPS) is 13.1. The van der Waals surface area contributed by atoms with Gasteiger partial charge in [-0.25, -0.2) is 0 Å². The third kappa shape index (κ3) is 3.58. The van der Waals surface area contributed by atoms with E-state index in [9.17, 15) is 0 Å². The van der Waals surface area contributed by atoms with Gasteiger partial charge in [0.15, 0.2) is 0 Å². The molecule has 0 saturated carbocycles. The smallest absolute Gasteiger partial charge is 0.146 e. The van der Waals surface area contributed by atoms with Crippen molar-refractivity contribution in [3.63, 3.8) is 0 Å². The Morgan fingerprint density at radius 1 is 0.490 bits per heavy atom. The van der Waals surface area contributed by atoms with E-state index in [1.165, 1.54) is 10.8 Å². The van der Waals surface area contributed by atoms with Crippen LogP contribution in [0.1, 0.15) is 5.56 Å². The van der Waals surface area contributed by atoms with Gasteiger partial charge in [0.05, 0.1) is 38.2 Å². The summed E-state index contributed by atoms with van der Waals surface area (Å²) in [7, 11) is 0. The second-order valence-electron chi connectivity index (χ2n) is 12.7. The summed E-state index contributed by atoms with van der Waals surface area (Å²) in [5.74, 6) is 0. The first-order valence-corrected chi connectivity index (χ1v) is 16.6. The van der Waals surface area contributed by atoms with E-state index in [0.717, 1.165) is 87.0 Å². The van der Waals surface area contributed by atoms with Crippen molar-refractivity contribution in [1.29, 1.82) is 0 Å². The van der Waals surface area contributed by atoms with Gasteiger partial charge < -0.3 is 4.42 Å². The minimum atomic E-state index is 0.887. The zero-order chi connectivity index (χ0) is 32.1. The lowest BCUT2D eigenvalue weighted by molar-refractivity contribution is 0.673. The molecule has 0 atom stereocenters. The lowest BCUT2D eigenvalue weighted by Gasteiger charge is -2.07. The van der Waals surface area contributed by atoms with Gasteiger partial charge in [0, 0.05) is 26.9 Å². The lowest BCUT2D eigenvalue weighted by atomic mass is 10.0. The Labute approximate surface area is 280 Å². The highest BCUT2D eigenvalue weighted by molar-refractivity contribution is 6.38. The van der Waals surface area contributed by atoms with Crippen molar-refractivity contribution in [2.45, 2.75) is 0 Å². The Balaban J connectivity index is 1.55. The molecular weight excluding hydrogens is 597 g/mol. The van der Waals surface area contributed by atoms with Crippen LogP contribution in [-0.4, -0.2) is 8.80 Å². The van der Waals surface area contributed by atoms with Crippen LogP contribution in [0.4, 0.5) is 0 Å². The molecular formula is C46H26N2O. The van der Waals surface area contributed by atoms with E-state index in [-0.39, 0.29) is 0 Å². The van der Waals surface area contributed by atoms with Crippen LogP contribution in [0.3, 0.4) is 0 Å². The quantitative estimate of drug-likeness (QED) is 0.182. The molecule has 1 aliphatic carbocycles. The van der Waals surface area contributed by atoms with Crippen LogP contribution < -0.4 is 21.1 Å². The number of allylic oxidation sites excluding steroid dienone is 2. The van der Waals surface area contributed by atoms with Crippen molar-refractivity contribution in [3.8, 4) is 0 Å².